The van der Waals surface area contributed by atoms with Gasteiger partial charge in [-0.25, -0.2) is 4.98 Å². The first-order valence-electron chi connectivity index (χ1n) is 11.7. The molecule has 2 amide bonds. The molecule has 0 radical (unpaired) electrons. The maximum atomic E-state index is 13.2. The molecule has 2 saturated heterocycles. The van der Waals surface area contributed by atoms with Crippen LogP contribution < -0.4 is 20.7 Å². The highest BCUT2D eigenvalue weighted by atomic mass is 16.5. The van der Waals surface area contributed by atoms with E-state index in [0.717, 1.165) is 42.4 Å². The van der Waals surface area contributed by atoms with Gasteiger partial charge in [0.2, 0.25) is 5.91 Å². The van der Waals surface area contributed by atoms with Crippen LogP contribution in [0, 0.1) is 0 Å². The quantitative estimate of drug-likeness (QED) is 0.586. The number of benzene rings is 1. The summed E-state index contributed by atoms with van der Waals surface area (Å²) >= 11 is 0. The molecule has 3 N–H and O–H groups in total. The third kappa shape index (κ3) is 4.16. The van der Waals surface area contributed by atoms with E-state index in [2.05, 4.69) is 20.2 Å². The Kier molecular flexibility index (Phi) is 5.59. The molecule has 0 spiro atoms. The molecule has 2 fully saturated rings. The van der Waals surface area contributed by atoms with Crippen molar-refractivity contribution in [2.24, 2.45) is 5.73 Å². The van der Waals surface area contributed by atoms with E-state index < -0.39 is 11.5 Å². The first-order valence-corrected chi connectivity index (χ1v) is 11.7. The molecule has 0 saturated carbocycles. The topological polar surface area (TPSA) is 110 Å². The van der Waals surface area contributed by atoms with E-state index in [9.17, 15) is 9.59 Å². The number of piperidine rings is 1. The molecule has 176 valence electrons. The predicted molar refractivity (Wildman–Crippen MR) is 130 cm³/mol. The second-order valence-corrected chi connectivity index (χ2v) is 9.64. The van der Waals surface area contributed by atoms with E-state index in [1.54, 1.807) is 32.2 Å². The minimum atomic E-state index is -1.04. The SMILES string of the molecule is CC(C)(Oc1ccnc2ccccc12)C(=O)N[C@H]1C[C@H]2CC[C@@H](C1)N2c1ccc(C(N)=O)cn1. The number of rotatable bonds is 6. The highest BCUT2D eigenvalue weighted by Crippen LogP contribution is 2.39. The summed E-state index contributed by atoms with van der Waals surface area (Å²) in [6, 6.07) is 13.8. The summed E-state index contributed by atoms with van der Waals surface area (Å²) in [5.41, 5.74) is 5.54. The smallest absolute Gasteiger partial charge is 0.263 e. The monoisotopic (exact) mass is 459 g/mol. The third-order valence-electron chi connectivity index (χ3n) is 6.89. The Morgan fingerprint density at radius 1 is 1.06 bits per heavy atom. The number of carbonyl (C=O) groups is 2. The fourth-order valence-corrected chi connectivity index (χ4v) is 5.19. The van der Waals surface area contributed by atoms with Crippen molar-refractivity contribution >= 4 is 28.5 Å². The summed E-state index contributed by atoms with van der Waals surface area (Å²) in [6.45, 7) is 3.59. The van der Waals surface area contributed by atoms with Gasteiger partial charge < -0.3 is 20.7 Å². The molecular formula is C26H29N5O3. The van der Waals surface area contributed by atoms with Crippen LogP contribution in [0.5, 0.6) is 5.75 Å². The van der Waals surface area contributed by atoms with Crippen molar-refractivity contribution in [1.29, 1.82) is 0 Å². The molecule has 3 aromatic rings. The minimum absolute atomic E-state index is 0.0724. The van der Waals surface area contributed by atoms with Gasteiger partial charge in [0.1, 0.15) is 11.6 Å². The zero-order chi connectivity index (χ0) is 23.9. The van der Waals surface area contributed by atoms with Crippen LogP contribution in [0.2, 0.25) is 0 Å². The van der Waals surface area contributed by atoms with Gasteiger partial charge in [-0.3, -0.25) is 14.6 Å². The Bertz CT molecular complexity index is 1210. The van der Waals surface area contributed by atoms with Crippen LogP contribution in [0.4, 0.5) is 5.82 Å². The van der Waals surface area contributed by atoms with Crippen LogP contribution in [0.3, 0.4) is 0 Å². The molecule has 4 heterocycles. The van der Waals surface area contributed by atoms with Crippen LogP contribution >= 0.6 is 0 Å². The molecule has 34 heavy (non-hydrogen) atoms. The van der Waals surface area contributed by atoms with Crippen molar-refractivity contribution in [1.82, 2.24) is 15.3 Å². The van der Waals surface area contributed by atoms with Gasteiger partial charge in [0.25, 0.3) is 5.91 Å². The summed E-state index contributed by atoms with van der Waals surface area (Å²) in [6.07, 6.45) is 7.03. The summed E-state index contributed by atoms with van der Waals surface area (Å²) < 4.78 is 6.20. The fraction of sp³-hybridized carbons (Fsp3) is 0.385. The number of primary amides is 1. The number of anilines is 1. The van der Waals surface area contributed by atoms with E-state index in [0.29, 0.717) is 23.4 Å². The van der Waals surface area contributed by atoms with Crippen molar-refractivity contribution in [3.8, 4) is 5.75 Å². The van der Waals surface area contributed by atoms with Gasteiger partial charge in [-0.2, -0.15) is 0 Å². The van der Waals surface area contributed by atoms with Crippen LogP contribution in [0.15, 0.2) is 54.9 Å². The fourth-order valence-electron chi connectivity index (χ4n) is 5.19. The second kappa shape index (κ2) is 8.59. The van der Waals surface area contributed by atoms with Crippen molar-refractivity contribution in [2.45, 2.75) is 63.3 Å². The third-order valence-corrected chi connectivity index (χ3v) is 6.89. The van der Waals surface area contributed by atoms with Gasteiger partial charge in [-0.15, -0.1) is 0 Å². The Hall–Kier alpha value is -3.68. The molecule has 2 aliphatic heterocycles. The average molecular weight is 460 g/mol. The number of nitrogens with two attached hydrogens (primary N) is 1. The van der Waals surface area contributed by atoms with Crippen LogP contribution in [0.1, 0.15) is 49.9 Å². The Morgan fingerprint density at radius 2 is 1.79 bits per heavy atom. The van der Waals surface area contributed by atoms with Crippen molar-refractivity contribution in [3.63, 3.8) is 0 Å². The van der Waals surface area contributed by atoms with Gasteiger partial charge in [0.05, 0.1) is 11.1 Å². The molecule has 8 nitrogen and oxygen atoms in total. The van der Waals surface area contributed by atoms with Crippen molar-refractivity contribution in [2.75, 3.05) is 4.90 Å². The molecule has 3 atom stereocenters. The predicted octanol–water partition coefficient (Wildman–Crippen LogP) is 3.20. The van der Waals surface area contributed by atoms with Crippen LogP contribution in [0.25, 0.3) is 10.9 Å². The number of pyridine rings is 2. The number of amides is 2. The lowest BCUT2D eigenvalue weighted by Crippen LogP contribution is -2.55. The summed E-state index contributed by atoms with van der Waals surface area (Å²) in [7, 11) is 0. The zero-order valence-electron chi connectivity index (χ0n) is 19.4. The highest BCUT2D eigenvalue weighted by Gasteiger charge is 2.43. The Balaban J connectivity index is 1.25. The number of aromatic nitrogens is 2. The number of carbonyl (C=O) groups excluding carboxylic acids is 2. The maximum absolute atomic E-state index is 13.2. The molecule has 2 aromatic heterocycles. The van der Waals surface area contributed by atoms with Gasteiger partial charge in [0.15, 0.2) is 5.60 Å². The number of nitrogens with one attached hydrogen (secondary N) is 1. The zero-order valence-corrected chi connectivity index (χ0v) is 19.4. The van der Waals surface area contributed by atoms with E-state index >= 15 is 0 Å². The lowest BCUT2D eigenvalue weighted by Gasteiger charge is -2.40. The highest BCUT2D eigenvalue weighted by molar-refractivity contribution is 5.92. The largest absolute Gasteiger partial charge is 0.477 e. The molecule has 0 unspecified atom stereocenters. The van der Waals surface area contributed by atoms with E-state index in [1.807, 2.05) is 30.3 Å². The molecule has 1 aromatic carbocycles. The average Bonchev–Trinajstić information content (AvgIpc) is 3.09. The van der Waals surface area contributed by atoms with E-state index in [-0.39, 0.29) is 11.9 Å². The summed E-state index contributed by atoms with van der Waals surface area (Å²) in [5.74, 6) is 0.893. The first-order chi connectivity index (χ1) is 16.3. The van der Waals surface area contributed by atoms with E-state index in [1.165, 1.54) is 6.20 Å². The number of ether oxygens (including phenoxy) is 1. The summed E-state index contributed by atoms with van der Waals surface area (Å²) in [4.78, 5) is 35.8. The van der Waals surface area contributed by atoms with Crippen molar-refractivity contribution < 1.29 is 14.3 Å². The standard InChI is InChI=1S/C26H29N5O3/c1-26(2,34-22-11-12-28-21-6-4-3-5-20(21)22)25(33)30-17-13-18-8-9-19(14-17)31(18)23-10-7-16(15-29-23)24(27)32/h3-7,10-12,15,17-19H,8-9,13-14H2,1-2H3,(H2,27,32)(H,30,33)/t17-,18+,19-. The van der Waals surface area contributed by atoms with Gasteiger partial charge in [-0.1, -0.05) is 12.1 Å². The molecule has 5 rings (SSSR count). The van der Waals surface area contributed by atoms with Crippen molar-refractivity contribution in [3.05, 3.63) is 60.4 Å². The minimum Gasteiger partial charge on any atom is -0.477 e. The number of hydrogen-bond acceptors (Lipinski definition) is 6. The molecule has 8 heteroatoms. The number of hydrogen-bond donors (Lipinski definition) is 2. The second-order valence-electron chi connectivity index (χ2n) is 9.64. The lowest BCUT2D eigenvalue weighted by atomic mass is 9.96. The maximum Gasteiger partial charge on any atom is 0.263 e. The lowest BCUT2D eigenvalue weighted by molar-refractivity contribution is -0.135. The molecule has 0 aliphatic carbocycles. The number of nitrogens with zero attached hydrogens (tertiary/aromatic N) is 3. The van der Waals surface area contributed by atoms with Crippen LogP contribution in [-0.2, 0) is 4.79 Å². The van der Waals surface area contributed by atoms with E-state index in [4.69, 9.17) is 10.5 Å². The Morgan fingerprint density at radius 3 is 2.47 bits per heavy atom. The molecular weight excluding hydrogens is 430 g/mol. The molecule has 2 bridgehead atoms. The van der Waals surface area contributed by atoms with Gasteiger partial charge >= 0.3 is 0 Å². The number of para-hydroxylation sites is 1. The van der Waals surface area contributed by atoms with Gasteiger partial charge in [-0.05, 0) is 69.9 Å². The number of fused-ring (bicyclic) bond motifs is 3. The normalized spacial score (nSPS) is 21.9. The summed E-state index contributed by atoms with van der Waals surface area (Å²) in [5, 5.41) is 4.12. The van der Waals surface area contributed by atoms with Crippen LogP contribution in [-0.4, -0.2) is 45.5 Å². The van der Waals surface area contributed by atoms with Gasteiger partial charge in [0, 0.05) is 35.9 Å². The first kappa shape index (κ1) is 22.1. The molecule has 2 aliphatic rings. The Labute approximate surface area is 198 Å².